The van der Waals surface area contributed by atoms with Crippen molar-refractivity contribution < 1.29 is 0 Å². The highest BCUT2D eigenvalue weighted by atomic mass is 15.4. The highest BCUT2D eigenvalue weighted by molar-refractivity contribution is 5.47. The quantitative estimate of drug-likeness (QED) is 0.775. The predicted octanol–water partition coefficient (Wildman–Crippen LogP) is 0.575. The van der Waals surface area contributed by atoms with Gasteiger partial charge in [-0.25, -0.2) is 4.98 Å². The summed E-state index contributed by atoms with van der Waals surface area (Å²) < 4.78 is 1.83. The van der Waals surface area contributed by atoms with E-state index in [0.717, 1.165) is 44.2 Å². The maximum atomic E-state index is 4.37. The monoisotopic (exact) mass is 246 g/mol. The lowest BCUT2D eigenvalue weighted by Gasteiger charge is -2.35. The van der Waals surface area contributed by atoms with Crippen molar-refractivity contribution in [3.05, 3.63) is 18.1 Å². The van der Waals surface area contributed by atoms with Crippen molar-refractivity contribution in [2.24, 2.45) is 0 Å². The number of hydrogen-bond donors (Lipinski definition) is 0. The van der Waals surface area contributed by atoms with Gasteiger partial charge in [0.15, 0.2) is 0 Å². The fraction of sp³-hybridized carbons (Fsp3) is 0.583. The molecule has 0 saturated carbocycles. The molecule has 0 amide bonds. The maximum Gasteiger partial charge on any atom is 0.254 e. The van der Waals surface area contributed by atoms with Crippen molar-refractivity contribution in [1.29, 1.82) is 0 Å². The number of fused-ring (bicyclic) bond motifs is 1. The Morgan fingerprint density at radius 3 is 2.72 bits per heavy atom. The number of likely N-dealkylation sites (N-methyl/N-ethyl adjacent to an activating group) is 1. The van der Waals surface area contributed by atoms with Crippen LogP contribution in [0, 0.1) is 6.92 Å². The van der Waals surface area contributed by atoms with E-state index >= 15 is 0 Å². The molecular weight excluding hydrogens is 228 g/mol. The van der Waals surface area contributed by atoms with Gasteiger partial charge in [-0.2, -0.15) is 14.6 Å². The number of hydrogen-bond acceptors (Lipinski definition) is 5. The SMILES string of the molecule is CCN1CCN(c2cc(C)nc3ncnn23)CC1. The fourth-order valence-electron chi connectivity index (χ4n) is 2.43. The zero-order valence-corrected chi connectivity index (χ0v) is 10.9. The van der Waals surface area contributed by atoms with Gasteiger partial charge in [-0.15, -0.1) is 0 Å². The Hall–Kier alpha value is -1.69. The molecule has 6 heteroatoms. The van der Waals surface area contributed by atoms with Gasteiger partial charge >= 0.3 is 0 Å². The van der Waals surface area contributed by atoms with Crippen LogP contribution in [0.15, 0.2) is 12.4 Å². The van der Waals surface area contributed by atoms with Crippen molar-refractivity contribution in [2.75, 3.05) is 37.6 Å². The molecule has 0 aliphatic carbocycles. The van der Waals surface area contributed by atoms with Crippen LogP contribution in [0.2, 0.25) is 0 Å². The molecule has 3 heterocycles. The number of aromatic nitrogens is 4. The summed E-state index contributed by atoms with van der Waals surface area (Å²) in [5, 5.41) is 4.26. The van der Waals surface area contributed by atoms with Gasteiger partial charge in [0.05, 0.1) is 0 Å². The van der Waals surface area contributed by atoms with Crippen LogP contribution in [-0.2, 0) is 0 Å². The van der Waals surface area contributed by atoms with Crippen LogP contribution in [0.3, 0.4) is 0 Å². The summed E-state index contributed by atoms with van der Waals surface area (Å²) in [4.78, 5) is 13.4. The smallest absolute Gasteiger partial charge is 0.254 e. The topological polar surface area (TPSA) is 49.6 Å². The molecule has 0 spiro atoms. The third-order valence-corrected chi connectivity index (χ3v) is 3.50. The van der Waals surface area contributed by atoms with E-state index in [1.165, 1.54) is 0 Å². The molecule has 18 heavy (non-hydrogen) atoms. The second-order valence-corrected chi connectivity index (χ2v) is 4.65. The van der Waals surface area contributed by atoms with Crippen LogP contribution in [0.1, 0.15) is 12.6 Å². The second kappa shape index (κ2) is 4.53. The number of rotatable bonds is 2. The third-order valence-electron chi connectivity index (χ3n) is 3.50. The van der Waals surface area contributed by atoms with E-state index in [-0.39, 0.29) is 0 Å². The van der Waals surface area contributed by atoms with Crippen LogP contribution in [0.4, 0.5) is 5.82 Å². The summed E-state index contributed by atoms with van der Waals surface area (Å²) >= 11 is 0. The van der Waals surface area contributed by atoms with E-state index in [2.05, 4.69) is 37.9 Å². The predicted molar refractivity (Wildman–Crippen MR) is 69.8 cm³/mol. The zero-order valence-electron chi connectivity index (χ0n) is 10.9. The van der Waals surface area contributed by atoms with E-state index < -0.39 is 0 Å². The first-order valence-corrected chi connectivity index (χ1v) is 6.42. The minimum Gasteiger partial charge on any atom is -0.354 e. The average Bonchev–Trinajstić information content (AvgIpc) is 2.86. The number of anilines is 1. The van der Waals surface area contributed by atoms with Gasteiger partial charge in [-0.1, -0.05) is 6.92 Å². The molecule has 1 aliphatic rings. The Balaban J connectivity index is 1.92. The molecular formula is C12H18N6. The lowest BCUT2D eigenvalue weighted by molar-refractivity contribution is 0.270. The van der Waals surface area contributed by atoms with Gasteiger partial charge in [0.2, 0.25) is 0 Å². The highest BCUT2D eigenvalue weighted by Gasteiger charge is 2.19. The third kappa shape index (κ3) is 1.92. The van der Waals surface area contributed by atoms with E-state index in [9.17, 15) is 0 Å². The van der Waals surface area contributed by atoms with Gasteiger partial charge < -0.3 is 9.80 Å². The molecule has 0 radical (unpaired) electrons. The molecule has 3 rings (SSSR count). The van der Waals surface area contributed by atoms with Crippen molar-refractivity contribution in [2.45, 2.75) is 13.8 Å². The summed E-state index contributed by atoms with van der Waals surface area (Å²) in [5.41, 5.74) is 0.989. The average molecular weight is 246 g/mol. The van der Waals surface area contributed by atoms with Gasteiger partial charge in [0.25, 0.3) is 5.78 Å². The molecule has 2 aromatic heterocycles. The van der Waals surface area contributed by atoms with Crippen LogP contribution in [0.25, 0.3) is 5.78 Å². The van der Waals surface area contributed by atoms with Crippen molar-refractivity contribution >= 4 is 11.6 Å². The van der Waals surface area contributed by atoms with Crippen LogP contribution >= 0.6 is 0 Å². The molecule has 1 saturated heterocycles. The number of aryl methyl sites for hydroxylation is 1. The molecule has 2 aromatic rings. The van der Waals surface area contributed by atoms with Gasteiger partial charge in [-0.05, 0) is 13.5 Å². The first-order chi connectivity index (χ1) is 8.78. The van der Waals surface area contributed by atoms with E-state index in [0.29, 0.717) is 5.78 Å². The van der Waals surface area contributed by atoms with Crippen LogP contribution in [-0.4, -0.2) is 57.2 Å². The minimum absolute atomic E-state index is 0.683. The van der Waals surface area contributed by atoms with Crippen molar-refractivity contribution in [3.8, 4) is 0 Å². The summed E-state index contributed by atoms with van der Waals surface area (Å²) in [5.74, 6) is 1.79. The number of piperazine rings is 1. The zero-order chi connectivity index (χ0) is 12.5. The van der Waals surface area contributed by atoms with E-state index in [1.54, 1.807) is 6.33 Å². The summed E-state index contributed by atoms with van der Waals surface area (Å²) in [6, 6.07) is 2.09. The molecule has 1 aliphatic heterocycles. The highest BCUT2D eigenvalue weighted by Crippen LogP contribution is 2.17. The normalized spacial score (nSPS) is 17.6. The van der Waals surface area contributed by atoms with Crippen LogP contribution < -0.4 is 4.90 Å². The number of nitrogens with zero attached hydrogens (tertiary/aromatic N) is 6. The Kier molecular flexibility index (Phi) is 2.87. The van der Waals surface area contributed by atoms with E-state index in [4.69, 9.17) is 0 Å². The first kappa shape index (κ1) is 11.4. The molecule has 0 atom stereocenters. The van der Waals surface area contributed by atoms with Crippen molar-refractivity contribution in [3.63, 3.8) is 0 Å². The first-order valence-electron chi connectivity index (χ1n) is 6.42. The molecule has 0 aromatic carbocycles. The van der Waals surface area contributed by atoms with Gasteiger partial charge in [0, 0.05) is 37.9 Å². The van der Waals surface area contributed by atoms with Crippen molar-refractivity contribution in [1.82, 2.24) is 24.5 Å². The molecule has 0 N–H and O–H groups in total. The second-order valence-electron chi connectivity index (χ2n) is 4.65. The minimum atomic E-state index is 0.683. The maximum absolute atomic E-state index is 4.37. The Morgan fingerprint density at radius 2 is 2.00 bits per heavy atom. The summed E-state index contributed by atoms with van der Waals surface area (Å²) in [7, 11) is 0. The lowest BCUT2D eigenvalue weighted by atomic mass is 10.3. The Morgan fingerprint density at radius 1 is 1.22 bits per heavy atom. The van der Waals surface area contributed by atoms with Gasteiger partial charge in [0.1, 0.15) is 12.1 Å². The summed E-state index contributed by atoms with van der Waals surface area (Å²) in [6.07, 6.45) is 1.56. The standard InChI is InChI=1S/C12H18N6/c1-3-16-4-6-17(7-5-16)11-8-10(2)15-12-13-9-14-18(11)12/h8-9H,3-7H2,1-2H3. The Labute approximate surface area is 106 Å². The molecule has 6 nitrogen and oxygen atoms in total. The molecule has 0 unspecified atom stereocenters. The molecule has 96 valence electrons. The molecule has 0 bridgehead atoms. The molecule has 1 fully saturated rings. The largest absolute Gasteiger partial charge is 0.354 e. The summed E-state index contributed by atoms with van der Waals surface area (Å²) in [6.45, 7) is 9.62. The van der Waals surface area contributed by atoms with E-state index in [1.807, 2.05) is 11.4 Å². The lowest BCUT2D eigenvalue weighted by Crippen LogP contribution is -2.46. The fourth-order valence-corrected chi connectivity index (χ4v) is 2.43. The van der Waals surface area contributed by atoms with Crippen LogP contribution in [0.5, 0.6) is 0 Å². The Bertz CT molecular complexity index is 540. The van der Waals surface area contributed by atoms with Gasteiger partial charge in [-0.3, -0.25) is 0 Å².